The molecule has 6 nitrogen and oxygen atoms in total. The first-order valence-electron chi connectivity index (χ1n) is 7.07. The largest absolute Gasteiger partial charge is 0.442 e. The fourth-order valence-corrected chi connectivity index (χ4v) is 2.64. The van der Waals surface area contributed by atoms with Crippen molar-refractivity contribution in [2.45, 2.75) is 45.8 Å². The van der Waals surface area contributed by atoms with Crippen molar-refractivity contribution >= 4 is 12.2 Å². The molecule has 0 bridgehead atoms. The molecule has 4 N–H and O–H groups in total. The lowest BCUT2D eigenvalue weighted by Crippen LogP contribution is -2.58. The lowest BCUT2D eigenvalue weighted by molar-refractivity contribution is -0.135. The van der Waals surface area contributed by atoms with Crippen LogP contribution in [0, 0.1) is 5.41 Å². The number of primary amides is 2. The molecule has 0 saturated heterocycles. The van der Waals surface area contributed by atoms with Gasteiger partial charge in [-0.05, 0) is 12.5 Å². The van der Waals surface area contributed by atoms with Crippen LogP contribution < -0.4 is 11.5 Å². The number of benzene rings is 1. The van der Waals surface area contributed by atoms with Crippen molar-refractivity contribution in [3.8, 4) is 0 Å². The van der Waals surface area contributed by atoms with Crippen LogP contribution in [0.4, 0.5) is 9.59 Å². The van der Waals surface area contributed by atoms with E-state index in [2.05, 4.69) is 0 Å². The molecule has 0 aromatic heterocycles. The third-order valence-corrected chi connectivity index (χ3v) is 3.81. The van der Waals surface area contributed by atoms with Crippen molar-refractivity contribution < 1.29 is 19.1 Å². The SMILES string of the molecule is CC(OC(N)=O)[C@](Cc1ccccc1)(OC(N)=O)C(C)(C)C. The van der Waals surface area contributed by atoms with Gasteiger partial charge < -0.3 is 20.9 Å². The Balaban J connectivity index is 3.31. The van der Waals surface area contributed by atoms with Crippen molar-refractivity contribution in [2.75, 3.05) is 0 Å². The van der Waals surface area contributed by atoms with Gasteiger partial charge in [-0.2, -0.15) is 0 Å². The molecule has 1 rings (SSSR count). The minimum absolute atomic E-state index is 0.342. The number of rotatable bonds is 5. The maximum absolute atomic E-state index is 11.5. The van der Waals surface area contributed by atoms with Gasteiger partial charge in [-0.15, -0.1) is 0 Å². The maximum Gasteiger partial charge on any atom is 0.405 e. The van der Waals surface area contributed by atoms with Crippen LogP contribution in [-0.2, 0) is 15.9 Å². The minimum atomic E-state index is -1.14. The van der Waals surface area contributed by atoms with Gasteiger partial charge in [0.25, 0.3) is 0 Å². The second-order valence-electron chi connectivity index (χ2n) is 6.30. The Morgan fingerprint density at radius 2 is 1.64 bits per heavy atom. The summed E-state index contributed by atoms with van der Waals surface area (Å²) in [6.07, 6.45) is -2.28. The molecule has 1 unspecified atom stereocenters. The number of hydrogen-bond donors (Lipinski definition) is 2. The number of hydrogen-bond acceptors (Lipinski definition) is 4. The van der Waals surface area contributed by atoms with Crippen LogP contribution in [0.25, 0.3) is 0 Å². The first-order valence-corrected chi connectivity index (χ1v) is 7.07. The second-order valence-corrected chi connectivity index (χ2v) is 6.30. The molecule has 0 aliphatic heterocycles. The van der Waals surface area contributed by atoms with Crippen LogP contribution in [0.2, 0.25) is 0 Å². The summed E-state index contributed by atoms with van der Waals surface area (Å²) in [5, 5.41) is 0. The van der Waals surface area contributed by atoms with Gasteiger partial charge in [0.15, 0.2) is 5.60 Å². The van der Waals surface area contributed by atoms with Crippen molar-refractivity contribution in [3.05, 3.63) is 35.9 Å². The highest BCUT2D eigenvalue weighted by Gasteiger charge is 2.51. The van der Waals surface area contributed by atoms with Crippen LogP contribution in [0.5, 0.6) is 0 Å². The Hall–Kier alpha value is -2.24. The molecule has 0 heterocycles. The third kappa shape index (κ3) is 4.13. The molecule has 122 valence electrons. The average Bonchev–Trinajstić information content (AvgIpc) is 2.36. The van der Waals surface area contributed by atoms with Gasteiger partial charge in [-0.1, -0.05) is 51.1 Å². The number of nitrogens with two attached hydrogens (primary N) is 2. The van der Waals surface area contributed by atoms with Gasteiger partial charge in [-0.3, -0.25) is 0 Å². The second kappa shape index (κ2) is 6.68. The average molecular weight is 308 g/mol. The van der Waals surface area contributed by atoms with E-state index in [-0.39, 0.29) is 0 Å². The molecule has 0 radical (unpaired) electrons. The summed E-state index contributed by atoms with van der Waals surface area (Å²) in [5.74, 6) is 0. The number of ether oxygens (including phenoxy) is 2. The standard InChI is InChI=1S/C16H24N2O4/c1-11(21-13(17)19)16(15(2,3)4,22-14(18)20)10-12-8-6-5-7-9-12/h5-9,11H,10H2,1-4H3,(H2,17,19)(H2,18,20)/t11?,16-/m0/s1. The summed E-state index contributed by atoms with van der Waals surface area (Å²) in [4.78, 5) is 22.6. The van der Waals surface area contributed by atoms with Crippen LogP contribution in [0.3, 0.4) is 0 Å². The molecule has 2 amide bonds. The highest BCUT2D eigenvalue weighted by molar-refractivity contribution is 5.66. The maximum atomic E-state index is 11.5. The monoisotopic (exact) mass is 308 g/mol. The summed E-state index contributed by atoms with van der Waals surface area (Å²) in [5.41, 5.74) is 9.63. The lowest BCUT2D eigenvalue weighted by Gasteiger charge is -2.46. The van der Waals surface area contributed by atoms with Gasteiger partial charge in [0.2, 0.25) is 0 Å². The Labute approximate surface area is 130 Å². The summed E-state index contributed by atoms with van der Waals surface area (Å²) in [6, 6.07) is 9.46. The molecule has 22 heavy (non-hydrogen) atoms. The van der Waals surface area contributed by atoms with E-state index in [1.165, 1.54) is 0 Å². The van der Waals surface area contributed by atoms with Crippen molar-refractivity contribution in [1.29, 1.82) is 0 Å². The number of amides is 2. The van der Waals surface area contributed by atoms with E-state index in [1.807, 2.05) is 51.1 Å². The third-order valence-electron chi connectivity index (χ3n) is 3.81. The van der Waals surface area contributed by atoms with E-state index in [0.29, 0.717) is 6.42 Å². The molecule has 1 aromatic carbocycles. The first kappa shape index (κ1) is 17.8. The normalized spacial score (nSPS) is 15.5. The van der Waals surface area contributed by atoms with E-state index in [4.69, 9.17) is 20.9 Å². The lowest BCUT2D eigenvalue weighted by atomic mass is 9.69. The highest BCUT2D eigenvalue weighted by Crippen LogP contribution is 2.41. The Morgan fingerprint density at radius 3 is 2.05 bits per heavy atom. The van der Waals surface area contributed by atoms with E-state index in [1.54, 1.807) is 6.92 Å². The predicted octanol–water partition coefficient (Wildman–Crippen LogP) is 2.59. The fourth-order valence-electron chi connectivity index (χ4n) is 2.64. The number of carbonyl (C=O) groups excluding carboxylic acids is 2. The van der Waals surface area contributed by atoms with Crippen molar-refractivity contribution in [2.24, 2.45) is 16.9 Å². The van der Waals surface area contributed by atoms with Crippen molar-refractivity contribution in [3.63, 3.8) is 0 Å². The Bertz CT molecular complexity index is 525. The Morgan fingerprint density at radius 1 is 1.09 bits per heavy atom. The van der Waals surface area contributed by atoms with E-state index >= 15 is 0 Å². The molecule has 0 aliphatic carbocycles. The zero-order valence-electron chi connectivity index (χ0n) is 13.5. The molecule has 0 spiro atoms. The van der Waals surface area contributed by atoms with Gasteiger partial charge >= 0.3 is 12.2 Å². The number of carbonyl (C=O) groups is 2. The van der Waals surface area contributed by atoms with Crippen LogP contribution in [0.1, 0.15) is 33.3 Å². The summed E-state index contributed by atoms with van der Waals surface area (Å²) >= 11 is 0. The van der Waals surface area contributed by atoms with E-state index in [9.17, 15) is 9.59 Å². The highest BCUT2D eigenvalue weighted by atomic mass is 16.6. The topological polar surface area (TPSA) is 105 Å². The quantitative estimate of drug-likeness (QED) is 0.872. The fraction of sp³-hybridized carbons (Fsp3) is 0.500. The van der Waals surface area contributed by atoms with Crippen LogP contribution >= 0.6 is 0 Å². The summed E-state index contributed by atoms with van der Waals surface area (Å²) in [7, 11) is 0. The van der Waals surface area contributed by atoms with E-state index < -0.39 is 29.3 Å². The van der Waals surface area contributed by atoms with Crippen LogP contribution in [-0.4, -0.2) is 23.9 Å². The molecule has 0 saturated carbocycles. The zero-order chi connectivity index (χ0) is 17.0. The molecule has 1 aromatic rings. The predicted molar refractivity (Wildman–Crippen MR) is 83.1 cm³/mol. The van der Waals surface area contributed by atoms with Gasteiger partial charge in [0, 0.05) is 11.8 Å². The van der Waals surface area contributed by atoms with Crippen molar-refractivity contribution in [1.82, 2.24) is 0 Å². The van der Waals surface area contributed by atoms with E-state index in [0.717, 1.165) is 5.56 Å². The van der Waals surface area contributed by atoms with Gasteiger partial charge in [0.1, 0.15) is 6.10 Å². The first-order chi connectivity index (χ1) is 10.1. The molecule has 6 heteroatoms. The molecular formula is C16H24N2O4. The summed E-state index contributed by atoms with van der Waals surface area (Å²) in [6.45, 7) is 7.31. The van der Waals surface area contributed by atoms with Gasteiger partial charge in [-0.25, -0.2) is 9.59 Å². The smallest absolute Gasteiger partial charge is 0.405 e. The summed E-state index contributed by atoms with van der Waals surface area (Å²) < 4.78 is 10.6. The van der Waals surface area contributed by atoms with Gasteiger partial charge in [0.05, 0.1) is 0 Å². The molecule has 0 aliphatic rings. The van der Waals surface area contributed by atoms with Crippen LogP contribution in [0.15, 0.2) is 30.3 Å². The minimum Gasteiger partial charge on any atom is -0.442 e. The zero-order valence-corrected chi connectivity index (χ0v) is 13.5. The molecular weight excluding hydrogens is 284 g/mol. The Kier molecular flexibility index (Phi) is 5.41. The molecule has 2 atom stereocenters. The molecule has 0 fully saturated rings.